The molecule has 1 N–H and O–H groups in total. The lowest BCUT2D eigenvalue weighted by Crippen LogP contribution is -2.40. The van der Waals surface area contributed by atoms with Crippen molar-refractivity contribution in [1.29, 1.82) is 5.26 Å². The molecule has 1 aromatic carbocycles. The molecule has 2 aromatic rings. The van der Waals surface area contributed by atoms with E-state index in [0.717, 1.165) is 6.20 Å². The van der Waals surface area contributed by atoms with Crippen LogP contribution in [-0.4, -0.2) is 25.4 Å². The molecular formula is C15H13N3O4S. The summed E-state index contributed by atoms with van der Waals surface area (Å²) in [6.45, 7) is 1.39. The van der Waals surface area contributed by atoms with Gasteiger partial charge in [-0.3, -0.25) is 9.78 Å². The Kier molecular flexibility index (Phi) is 4.93. The molecule has 0 radical (unpaired) electrons. The quantitative estimate of drug-likeness (QED) is 0.882. The Bertz CT molecular complexity index is 845. The second-order valence-electron chi connectivity index (χ2n) is 4.53. The molecule has 1 amide bonds. The lowest BCUT2D eigenvalue weighted by Gasteiger charge is -2.15. The highest BCUT2D eigenvalue weighted by Gasteiger charge is 2.23. The number of nitrogens with zero attached hydrogens (tertiary/aromatic N) is 2. The first kappa shape index (κ1) is 16.5. The third-order valence-corrected chi connectivity index (χ3v) is 4.19. The number of aromatic nitrogens is 1. The van der Waals surface area contributed by atoms with Gasteiger partial charge in [0.05, 0.1) is 5.56 Å². The summed E-state index contributed by atoms with van der Waals surface area (Å²) in [5, 5.41) is 8.97. The fraction of sp³-hybridized carbons (Fsp3) is 0.133. The normalized spacial score (nSPS) is 12.0. The van der Waals surface area contributed by atoms with Crippen molar-refractivity contribution in [3.05, 3.63) is 54.4 Å². The zero-order valence-electron chi connectivity index (χ0n) is 12.1. The SMILES string of the molecule is C[C@@H](Oc1ccccc1C#N)C(=O)NS(=O)(=O)c1cccnc1. The van der Waals surface area contributed by atoms with Gasteiger partial charge in [-0.15, -0.1) is 0 Å². The number of carbonyl (C=O) groups excluding carboxylic acids is 1. The van der Waals surface area contributed by atoms with Crippen LogP contribution >= 0.6 is 0 Å². The number of hydrogen-bond acceptors (Lipinski definition) is 6. The third-order valence-electron chi connectivity index (χ3n) is 2.86. The van der Waals surface area contributed by atoms with Gasteiger partial charge in [-0.25, -0.2) is 13.1 Å². The van der Waals surface area contributed by atoms with Gasteiger partial charge in [0.15, 0.2) is 6.10 Å². The molecular weight excluding hydrogens is 318 g/mol. The van der Waals surface area contributed by atoms with Gasteiger partial charge < -0.3 is 4.74 Å². The highest BCUT2D eigenvalue weighted by Crippen LogP contribution is 2.18. The first-order chi connectivity index (χ1) is 10.9. The number of benzene rings is 1. The lowest BCUT2D eigenvalue weighted by molar-refractivity contribution is -0.125. The van der Waals surface area contributed by atoms with Crippen molar-refractivity contribution >= 4 is 15.9 Å². The first-order valence-electron chi connectivity index (χ1n) is 6.56. The average Bonchev–Trinajstić information content (AvgIpc) is 2.55. The molecule has 0 aliphatic heterocycles. The summed E-state index contributed by atoms with van der Waals surface area (Å²) < 4.78 is 31.4. The minimum Gasteiger partial charge on any atom is -0.479 e. The van der Waals surface area contributed by atoms with Crippen LogP contribution in [0.4, 0.5) is 0 Å². The van der Waals surface area contributed by atoms with Crippen molar-refractivity contribution in [1.82, 2.24) is 9.71 Å². The van der Waals surface area contributed by atoms with Crippen molar-refractivity contribution in [3.8, 4) is 11.8 Å². The Labute approximate surface area is 133 Å². The van der Waals surface area contributed by atoms with Gasteiger partial charge in [-0.2, -0.15) is 5.26 Å². The van der Waals surface area contributed by atoms with Crippen LogP contribution in [0.25, 0.3) is 0 Å². The highest BCUT2D eigenvalue weighted by molar-refractivity contribution is 7.90. The zero-order chi connectivity index (χ0) is 16.9. The number of rotatable bonds is 5. The summed E-state index contributed by atoms with van der Waals surface area (Å²) in [7, 11) is -4.02. The van der Waals surface area contributed by atoms with Gasteiger partial charge in [0.1, 0.15) is 16.7 Å². The van der Waals surface area contributed by atoms with Crippen LogP contribution in [0, 0.1) is 11.3 Å². The predicted molar refractivity (Wildman–Crippen MR) is 80.8 cm³/mol. The number of pyridine rings is 1. The summed E-state index contributed by atoms with van der Waals surface area (Å²) in [6.07, 6.45) is 1.45. The maximum Gasteiger partial charge on any atom is 0.274 e. The smallest absolute Gasteiger partial charge is 0.274 e. The molecule has 1 aromatic heterocycles. The van der Waals surface area contributed by atoms with Crippen LogP contribution in [-0.2, 0) is 14.8 Å². The molecule has 0 saturated carbocycles. The molecule has 23 heavy (non-hydrogen) atoms. The Hall–Kier alpha value is -2.92. The molecule has 0 unspecified atom stereocenters. The van der Waals surface area contributed by atoms with Crippen molar-refractivity contribution in [2.45, 2.75) is 17.9 Å². The maximum absolute atomic E-state index is 12.0. The Morgan fingerprint density at radius 1 is 1.30 bits per heavy atom. The number of amides is 1. The molecule has 0 saturated heterocycles. The summed E-state index contributed by atoms with van der Waals surface area (Å²) in [5.41, 5.74) is 0.252. The second kappa shape index (κ2) is 6.89. The lowest BCUT2D eigenvalue weighted by atomic mass is 10.2. The number of hydrogen-bond donors (Lipinski definition) is 1. The van der Waals surface area contributed by atoms with Gasteiger partial charge in [-0.1, -0.05) is 12.1 Å². The van der Waals surface area contributed by atoms with Crippen molar-refractivity contribution in [2.75, 3.05) is 0 Å². The Balaban J connectivity index is 2.10. The van der Waals surface area contributed by atoms with E-state index in [-0.39, 0.29) is 16.2 Å². The molecule has 0 bridgehead atoms. The van der Waals surface area contributed by atoms with E-state index >= 15 is 0 Å². The van der Waals surface area contributed by atoms with E-state index < -0.39 is 22.0 Å². The standard InChI is InChI=1S/C15H13N3O4S/c1-11(22-14-7-3-2-5-12(14)9-16)15(19)18-23(20,21)13-6-4-8-17-10-13/h2-8,10-11H,1H3,(H,18,19)/t11-/m1/s1. The topological polar surface area (TPSA) is 109 Å². The van der Waals surface area contributed by atoms with E-state index in [2.05, 4.69) is 4.98 Å². The van der Waals surface area contributed by atoms with Gasteiger partial charge in [0.2, 0.25) is 0 Å². The first-order valence-corrected chi connectivity index (χ1v) is 8.05. The van der Waals surface area contributed by atoms with Crippen molar-refractivity contribution in [2.24, 2.45) is 0 Å². The van der Waals surface area contributed by atoms with E-state index in [1.54, 1.807) is 12.1 Å². The molecule has 7 nitrogen and oxygen atoms in total. The summed E-state index contributed by atoms with van der Waals surface area (Å²) in [4.78, 5) is 15.6. The number of nitriles is 1. The predicted octanol–water partition coefficient (Wildman–Crippen LogP) is 1.23. The second-order valence-corrected chi connectivity index (χ2v) is 6.21. The van der Waals surface area contributed by atoms with E-state index in [4.69, 9.17) is 10.00 Å². The van der Waals surface area contributed by atoms with Crippen LogP contribution in [0.5, 0.6) is 5.75 Å². The van der Waals surface area contributed by atoms with Gasteiger partial charge in [0, 0.05) is 12.4 Å². The van der Waals surface area contributed by atoms with Crippen LogP contribution in [0.3, 0.4) is 0 Å². The molecule has 1 heterocycles. The van der Waals surface area contributed by atoms with Crippen LogP contribution in [0.1, 0.15) is 12.5 Å². The molecule has 0 aliphatic carbocycles. The number of carbonyl (C=O) groups is 1. The highest BCUT2D eigenvalue weighted by atomic mass is 32.2. The van der Waals surface area contributed by atoms with Crippen LogP contribution < -0.4 is 9.46 Å². The number of nitrogens with one attached hydrogen (secondary N) is 1. The molecule has 0 aliphatic rings. The van der Waals surface area contributed by atoms with Crippen LogP contribution in [0.2, 0.25) is 0 Å². The summed E-state index contributed by atoms with van der Waals surface area (Å²) in [6, 6.07) is 11.1. The maximum atomic E-state index is 12.0. The number of ether oxygens (including phenoxy) is 1. The van der Waals surface area contributed by atoms with E-state index in [1.165, 1.54) is 37.4 Å². The molecule has 118 valence electrons. The molecule has 1 atom stereocenters. The van der Waals surface area contributed by atoms with E-state index in [9.17, 15) is 13.2 Å². The molecule has 2 rings (SSSR count). The molecule has 0 fully saturated rings. The largest absolute Gasteiger partial charge is 0.479 e. The summed E-state index contributed by atoms with van der Waals surface area (Å²) >= 11 is 0. The van der Waals surface area contributed by atoms with Crippen molar-refractivity contribution < 1.29 is 17.9 Å². The zero-order valence-corrected chi connectivity index (χ0v) is 12.9. The minimum absolute atomic E-state index is 0.127. The van der Waals surface area contributed by atoms with E-state index in [1.807, 2.05) is 10.8 Å². The van der Waals surface area contributed by atoms with Gasteiger partial charge in [-0.05, 0) is 31.2 Å². The molecule has 0 spiro atoms. The van der Waals surface area contributed by atoms with Gasteiger partial charge in [0.25, 0.3) is 15.9 Å². The third kappa shape index (κ3) is 4.05. The summed E-state index contributed by atoms with van der Waals surface area (Å²) in [5.74, 6) is -0.641. The Morgan fingerprint density at radius 3 is 2.70 bits per heavy atom. The molecule has 8 heteroatoms. The van der Waals surface area contributed by atoms with Crippen molar-refractivity contribution in [3.63, 3.8) is 0 Å². The average molecular weight is 331 g/mol. The van der Waals surface area contributed by atoms with Gasteiger partial charge >= 0.3 is 0 Å². The fourth-order valence-corrected chi connectivity index (χ4v) is 2.69. The Morgan fingerprint density at radius 2 is 2.04 bits per heavy atom. The monoisotopic (exact) mass is 331 g/mol. The van der Waals surface area contributed by atoms with E-state index in [0.29, 0.717) is 0 Å². The number of sulfonamides is 1. The fourth-order valence-electron chi connectivity index (χ4n) is 1.69. The number of para-hydroxylation sites is 1. The van der Waals surface area contributed by atoms with Crippen LogP contribution in [0.15, 0.2) is 53.7 Å². The minimum atomic E-state index is -4.02.